The molecule has 0 saturated carbocycles. The van der Waals surface area contributed by atoms with Crippen molar-refractivity contribution in [2.75, 3.05) is 7.05 Å². The predicted octanol–water partition coefficient (Wildman–Crippen LogP) is 2.34. The minimum absolute atomic E-state index is 0.229. The largest absolute Gasteiger partial charge is 0.309 e. The predicted molar refractivity (Wildman–Crippen MR) is 69.3 cm³/mol. The fraction of sp³-hybridized carbons (Fsp3) is 0.385. The van der Waals surface area contributed by atoms with E-state index in [1.54, 1.807) is 16.8 Å². The Morgan fingerprint density at radius 3 is 2.82 bits per heavy atom. The summed E-state index contributed by atoms with van der Waals surface area (Å²) in [7, 11) is 1.99. The van der Waals surface area contributed by atoms with Gasteiger partial charge in [0, 0.05) is 27.7 Å². The molecule has 17 heavy (non-hydrogen) atoms. The van der Waals surface area contributed by atoms with Crippen molar-refractivity contribution in [3.05, 3.63) is 45.7 Å². The molecule has 0 amide bonds. The number of rotatable bonds is 3. The molecule has 1 aliphatic rings. The van der Waals surface area contributed by atoms with Crippen molar-refractivity contribution in [2.45, 2.75) is 25.3 Å². The molecule has 3 nitrogen and oxygen atoms in total. The fourth-order valence-corrected chi connectivity index (χ4v) is 3.82. The van der Waals surface area contributed by atoms with Crippen LogP contribution in [0, 0.1) is 0 Å². The van der Waals surface area contributed by atoms with Crippen LogP contribution in [-0.4, -0.2) is 17.0 Å². The van der Waals surface area contributed by atoms with Crippen molar-refractivity contribution >= 4 is 11.3 Å². The molecule has 1 N–H and O–H groups in total. The van der Waals surface area contributed by atoms with E-state index in [0.29, 0.717) is 0 Å². The van der Waals surface area contributed by atoms with Gasteiger partial charge in [-0.2, -0.15) is 0 Å². The molecule has 0 spiro atoms. The Balaban J connectivity index is 1.95. The van der Waals surface area contributed by atoms with Gasteiger partial charge >= 0.3 is 0 Å². The third kappa shape index (κ3) is 1.98. The molecule has 0 fully saturated rings. The summed E-state index contributed by atoms with van der Waals surface area (Å²) in [6, 6.07) is 2.58. The van der Waals surface area contributed by atoms with Crippen LogP contribution in [0.4, 0.5) is 0 Å². The maximum atomic E-state index is 4.10. The third-order valence-corrected chi connectivity index (χ3v) is 4.55. The van der Waals surface area contributed by atoms with Crippen molar-refractivity contribution in [2.24, 2.45) is 0 Å². The van der Waals surface area contributed by atoms with E-state index in [9.17, 15) is 0 Å². The maximum absolute atomic E-state index is 4.10. The third-order valence-electron chi connectivity index (χ3n) is 3.25. The summed E-state index contributed by atoms with van der Waals surface area (Å²) < 4.78 is 0. The Labute approximate surface area is 105 Å². The number of nitrogens with zero attached hydrogens (tertiary/aromatic N) is 2. The molecular weight excluding hydrogens is 230 g/mol. The van der Waals surface area contributed by atoms with E-state index >= 15 is 0 Å². The molecule has 2 aromatic rings. The number of thiophene rings is 1. The van der Waals surface area contributed by atoms with E-state index in [4.69, 9.17) is 0 Å². The van der Waals surface area contributed by atoms with Gasteiger partial charge < -0.3 is 5.32 Å². The number of hydrogen-bond acceptors (Lipinski definition) is 4. The second kappa shape index (κ2) is 4.55. The summed E-state index contributed by atoms with van der Waals surface area (Å²) in [4.78, 5) is 11.1. The van der Waals surface area contributed by atoms with Gasteiger partial charge in [-0.3, -0.25) is 0 Å². The average molecular weight is 245 g/mol. The van der Waals surface area contributed by atoms with Gasteiger partial charge in [0.25, 0.3) is 0 Å². The van der Waals surface area contributed by atoms with E-state index in [-0.39, 0.29) is 6.04 Å². The summed E-state index contributed by atoms with van der Waals surface area (Å²) in [5.41, 5.74) is 2.68. The highest BCUT2D eigenvalue weighted by atomic mass is 32.1. The summed E-state index contributed by atoms with van der Waals surface area (Å²) in [6.07, 6.45) is 9.16. The zero-order valence-corrected chi connectivity index (χ0v) is 10.6. The smallest absolute Gasteiger partial charge is 0.115 e. The van der Waals surface area contributed by atoms with E-state index in [1.165, 1.54) is 24.1 Å². The van der Waals surface area contributed by atoms with Crippen LogP contribution in [-0.2, 0) is 12.8 Å². The molecule has 1 unspecified atom stereocenters. The summed E-state index contributed by atoms with van der Waals surface area (Å²) in [5.74, 6) is 0. The fourth-order valence-electron chi connectivity index (χ4n) is 2.43. The minimum atomic E-state index is 0.229. The molecule has 2 aromatic heterocycles. The Kier molecular flexibility index (Phi) is 2.91. The van der Waals surface area contributed by atoms with Gasteiger partial charge in [-0.15, -0.1) is 11.3 Å². The molecule has 0 radical (unpaired) electrons. The summed E-state index contributed by atoms with van der Waals surface area (Å²) in [5, 5.41) is 3.35. The van der Waals surface area contributed by atoms with E-state index in [2.05, 4.69) is 21.4 Å². The second-order valence-electron chi connectivity index (χ2n) is 4.34. The van der Waals surface area contributed by atoms with E-state index in [0.717, 1.165) is 5.56 Å². The molecule has 0 aromatic carbocycles. The molecule has 0 bridgehead atoms. The first-order chi connectivity index (χ1) is 8.38. The van der Waals surface area contributed by atoms with Crippen LogP contribution >= 0.6 is 11.3 Å². The highest BCUT2D eigenvalue weighted by Gasteiger charge is 2.20. The van der Waals surface area contributed by atoms with Gasteiger partial charge in [0.05, 0.1) is 6.04 Å². The van der Waals surface area contributed by atoms with Crippen LogP contribution in [0.15, 0.2) is 24.8 Å². The van der Waals surface area contributed by atoms with Gasteiger partial charge in [0.15, 0.2) is 0 Å². The molecule has 2 heterocycles. The summed E-state index contributed by atoms with van der Waals surface area (Å²) >= 11 is 1.93. The summed E-state index contributed by atoms with van der Waals surface area (Å²) in [6.45, 7) is 0. The van der Waals surface area contributed by atoms with Crippen LogP contribution in [0.3, 0.4) is 0 Å². The molecule has 3 rings (SSSR count). The van der Waals surface area contributed by atoms with Crippen LogP contribution in [0.25, 0.3) is 0 Å². The molecule has 88 valence electrons. The van der Waals surface area contributed by atoms with Crippen LogP contribution in [0.2, 0.25) is 0 Å². The van der Waals surface area contributed by atoms with Crippen LogP contribution < -0.4 is 5.32 Å². The normalized spacial score (nSPS) is 15.8. The number of aryl methyl sites for hydroxylation is 2. The number of hydrogen-bond donors (Lipinski definition) is 1. The highest BCUT2D eigenvalue weighted by molar-refractivity contribution is 7.12. The highest BCUT2D eigenvalue weighted by Crippen LogP contribution is 2.35. The quantitative estimate of drug-likeness (QED) is 0.902. The Morgan fingerprint density at radius 1 is 1.29 bits per heavy atom. The van der Waals surface area contributed by atoms with Crippen molar-refractivity contribution in [1.82, 2.24) is 15.3 Å². The van der Waals surface area contributed by atoms with Crippen LogP contribution in [0.1, 0.15) is 33.3 Å². The van der Waals surface area contributed by atoms with Gasteiger partial charge in [-0.05, 0) is 37.9 Å². The first-order valence-corrected chi connectivity index (χ1v) is 6.74. The van der Waals surface area contributed by atoms with Crippen molar-refractivity contribution in [3.8, 4) is 0 Å². The average Bonchev–Trinajstić information content (AvgIpc) is 2.92. The van der Waals surface area contributed by atoms with Gasteiger partial charge in [-0.25, -0.2) is 9.97 Å². The van der Waals surface area contributed by atoms with Crippen molar-refractivity contribution < 1.29 is 0 Å². The van der Waals surface area contributed by atoms with Crippen molar-refractivity contribution in [1.29, 1.82) is 0 Å². The first kappa shape index (κ1) is 10.9. The SMILES string of the molecule is CNC(c1cncnc1)c1cc2c(s1)CCC2. The van der Waals surface area contributed by atoms with Gasteiger partial charge in [-0.1, -0.05) is 0 Å². The molecular formula is C13H15N3S. The topological polar surface area (TPSA) is 37.8 Å². The molecule has 4 heteroatoms. The standard InChI is InChI=1S/C13H15N3S/c1-14-13(10-6-15-8-16-7-10)12-5-9-3-2-4-11(9)17-12/h5-8,13-14H,2-4H2,1H3. The Bertz CT molecular complexity index is 485. The lowest BCUT2D eigenvalue weighted by atomic mass is 10.1. The zero-order valence-electron chi connectivity index (χ0n) is 9.81. The van der Waals surface area contributed by atoms with Gasteiger partial charge in [0.2, 0.25) is 0 Å². The van der Waals surface area contributed by atoms with Crippen molar-refractivity contribution in [3.63, 3.8) is 0 Å². The lowest BCUT2D eigenvalue weighted by molar-refractivity contribution is 0.695. The lowest BCUT2D eigenvalue weighted by Gasteiger charge is -2.13. The Hall–Kier alpha value is -1.26. The number of fused-ring (bicyclic) bond motifs is 1. The number of aromatic nitrogens is 2. The number of nitrogens with one attached hydrogen (secondary N) is 1. The second-order valence-corrected chi connectivity index (χ2v) is 5.51. The first-order valence-electron chi connectivity index (χ1n) is 5.92. The zero-order chi connectivity index (χ0) is 11.7. The van der Waals surface area contributed by atoms with E-state index in [1.807, 2.05) is 30.8 Å². The van der Waals surface area contributed by atoms with Crippen LogP contribution in [0.5, 0.6) is 0 Å². The molecule has 1 atom stereocenters. The minimum Gasteiger partial charge on any atom is -0.309 e. The maximum Gasteiger partial charge on any atom is 0.115 e. The molecule has 0 saturated heterocycles. The Morgan fingerprint density at radius 2 is 2.12 bits per heavy atom. The van der Waals surface area contributed by atoms with E-state index < -0.39 is 0 Å². The van der Waals surface area contributed by atoms with Gasteiger partial charge in [0.1, 0.15) is 6.33 Å². The lowest BCUT2D eigenvalue weighted by Crippen LogP contribution is -2.16. The molecule has 0 aliphatic heterocycles. The molecule has 1 aliphatic carbocycles. The monoisotopic (exact) mass is 245 g/mol.